The van der Waals surface area contributed by atoms with E-state index in [4.69, 9.17) is 4.74 Å². The van der Waals surface area contributed by atoms with Crippen molar-refractivity contribution in [1.82, 2.24) is 0 Å². The summed E-state index contributed by atoms with van der Waals surface area (Å²) < 4.78 is 6.06. The molecular formula is C15H18O. The molecule has 84 valence electrons. The first kappa shape index (κ1) is 10.1. The molecule has 0 amide bonds. The second-order valence-corrected chi connectivity index (χ2v) is 5.06. The van der Waals surface area contributed by atoms with Gasteiger partial charge in [-0.15, -0.1) is 0 Å². The van der Waals surface area contributed by atoms with Crippen molar-refractivity contribution < 1.29 is 4.74 Å². The zero-order valence-corrected chi connectivity index (χ0v) is 9.73. The molecule has 16 heavy (non-hydrogen) atoms. The van der Waals surface area contributed by atoms with Gasteiger partial charge in [-0.05, 0) is 31.2 Å². The van der Waals surface area contributed by atoms with E-state index < -0.39 is 0 Å². The molecule has 1 aromatic rings. The highest BCUT2D eigenvalue weighted by Crippen LogP contribution is 2.43. The number of allylic oxidation sites excluding steroid dienone is 1. The van der Waals surface area contributed by atoms with Crippen molar-refractivity contribution in [3.63, 3.8) is 0 Å². The molecule has 1 aliphatic carbocycles. The van der Waals surface area contributed by atoms with E-state index in [1.54, 1.807) is 0 Å². The van der Waals surface area contributed by atoms with E-state index in [1.165, 1.54) is 24.0 Å². The fourth-order valence-corrected chi connectivity index (χ4v) is 2.97. The van der Waals surface area contributed by atoms with Gasteiger partial charge in [0.25, 0.3) is 0 Å². The minimum atomic E-state index is 0.286. The van der Waals surface area contributed by atoms with E-state index in [0.717, 1.165) is 12.5 Å². The van der Waals surface area contributed by atoms with E-state index in [9.17, 15) is 0 Å². The molecule has 1 heteroatoms. The lowest BCUT2D eigenvalue weighted by Gasteiger charge is -2.40. The Morgan fingerprint density at radius 3 is 2.81 bits per heavy atom. The van der Waals surface area contributed by atoms with Crippen LogP contribution < -0.4 is 0 Å². The molecule has 1 heterocycles. The fraction of sp³-hybridized carbons (Fsp3) is 0.467. The molecule has 0 radical (unpaired) electrons. The molecule has 0 N–H and O–H groups in total. The summed E-state index contributed by atoms with van der Waals surface area (Å²) >= 11 is 0. The summed E-state index contributed by atoms with van der Waals surface area (Å²) in [6, 6.07) is 10.7. The SMILES string of the molecule is CC1=CC[C@H]2CO[C@@H](c3ccccc3)[C@@H]1C2. The van der Waals surface area contributed by atoms with Crippen molar-refractivity contribution in [3.05, 3.63) is 47.5 Å². The van der Waals surface area contributed by atoms with Crippen LogP contribution in [0.3, 0.4) is 0 Å². The summed E-state index contributed by atoms with van der Waals surface area (Å²) in [5.41, 5.74) is 2.85. The van der Waals surface area contributed by atoms with Crippen molar-refractivity contribution in [2.45, 2.75) is 25.9 Å². The summed E-state index contributed by atoms with van der Waals surface area (Å²) in [6.07, 6.45) is 5.22. The Morgan fingerprint density at radius 1 is 1.19 bits per heavy atom. The van der Waals surface area contributed by atoms with Crippen LogP contribution in [0.1, 0.15) is 31.4 Å². The molecule has 3 atom stereocenters. The van der Waals surface area contributed by atoms with Gasteiger partial charge < -0.3 is 4.74 Å². The molecular weight excluding hydrogens is 196 g/mol. The van der Waals surface area contributed by atoms with Gasteiger partial charge in [0.05, 0.1) is 12.7 Å². The van der Waals surface area contributed by atoms with Crippen LogP contribution in [-0.4, -0.2) is 6.61 Å². The zero-order chi connectivity index (χ0) is 11.0. The standard InChI is InChI=1S/C15H18O/c1-11-7-8-12-9-14(11)15(16-10-12)13-5-3-2-4-6-13/h2-7,12,14-15H,8-10H2,1H3/t12-,14-,15+/m1/s1. The molecule has 1 aliphatic heterocycles. The minimum absolute atomic E-state index is 0.286. The van der Waals surface area contributed by atoms with Crippen LogP contribution in [0.2, 0.25) is 0 Å². The van der Waals surface area contributed by atoms with Gasteiger partial charge in [0.2, 0.25) is 0 Å². The smallest absolute Gasteiger partial charge is 0.0890 e. The zero-order valence-electron chi connectivity index (χ0n) is 9.73. The lowest BCUT2D eigenvalue weighted by molar-refractivity contribution is -0.0512. The second-order valence-electron chi connectivity index (χ2n) is 5.06. The lowest BCUT2D eigenvalue weighted by atomic mass is 9.75. The fourth-order valence-electron chi connectivity index (χ4n) is 2.97. The van der Waals surface area contributed by atoms with Gasteiger partial charge in [0.1, 0.15) is 0 Å². The molecule has 0 aromatic heterocycles. The first-order valence-electron chi connectivity index (χ1n) is 6.18. The topological polar surface area (TPSA) is 9.23 Å². The highest BCUT2D eigenvalue weighted by atomic mass is 16.5. The minimum Gasteiger partial charge on any atom is -0.373 e. The van der Waals surface area contributed by atoms with Gasteiger partial charge >= 0.3 is 0 Å². The van der Waals surface area contributed by atoms with Crippen LogP contribution >= 0.6 is 0 Å². The third-order valence-corrected chi connectivity index (χ3v) is 3.95. The highest BCUT2D eigenvalue weighted by Gasteiger charge is 2.35. The summed E-state index contributed by atoms with van der Waals surface area (Å²) in [6.45, 7) is 3.19. The molecule has 3 rings (SSSR count). The van der Waals surface area contributed by atoms with Gasteiger partial charge in [-0.1, -0.05) is 42.0 Å². The number of hydrogen-bond donors (Lipinski definition) is 0. The van der Waals surface area contributed by atoms with Crippen LogP contribution in [0.25, 0.3) is 0 Å². The Kier molecular flexibility index (Phi) is 2.56. The maximum Gasteiger partial charge on any atom is 0.0890 e. The molecule has 2 bridgehead atoms. The first-order valence-corrected chi connectivity index (χ1v) is 6.18. The van der Waals surface area contributed by atoms with Crippen LogP contribution in [-0.2, 0) is 4.74 Å². The molecule has 1 nitrogen and oxygen atoms in total. The Hall–Kier alpha value is -1.08. The van der Waals surface area contributed by atoms with E-state index in [2.05, 4.69) is 43.3 Å². The van der Waals surface area contributed by atoms with Gasteiger partial charge in [-0.3, -0.25) is 0 Å². The monoisotopic (exact) mass is 214 g/mol. The average molecular weight is 214 g/mol. The maximum atomic E-state index is 6.06. The number of ether oxygens (including phenoxy) is 1. The van der Waals surface area contributed by atoms with Crippen LogP contribution in [0.4, 0.5) is 0 Å². The number of rotatable bonds is 1. The number of benzene rings is 1. The van der Waals surface area contributed by atoms with Crippen molar-refractivity contribution >= 4 is 0 Å². The molecule has 1 saturated heterocycles. The molecule has 2 aliphatic rings. The molecule has 0 saturated carbocycles. The number of hydrogen-bond acceptors (Lipinski definition) is 1. The van der Waals surface area contributed by atoms with E-state index in [0.29, 0.717) is 5.92 Å². The summed E-state index contributed by atoms with van der Waals surface area (Å²) in [5.74, 6) is 1.36. The maximum absolute atomic E-state index is 6.06. The van der Waals surface area contributed by atoms with Crippen molar-refractivity contribution in [2.75, 3.05) is 6.61 Å². The Balaban J connectivity index is 1.91. The summed E-state index contributed by atoms with van der Waals surface area (Å²) in [5, 5.41) is 0. The molecule has 0 unspecified atom stereocenters. The second kappa shape index (κ2) is 4.06. The molecule has 1 fully saturated rings. The predicted molar refractivity (Wildman–Crippen MR) is 65.1 cm³/mol. The average Bonchev–Trinajstić information content (AvgIpc) is 2.36. The highest BCUT2D eigenvalue weighted by molar-refractivity contribution is 5.23. The van der Waals surface area contributed by atoms with Gasteiger partial charge in [0, 0.05) is 5.92 Å². The Bertz CT molecular complexity index is 393. The quantitative estimate of drug-likeness (QED) is 0.647. The van der Waals surface area contributed by atoms with Crippen LogP contribution in [0.5, 0.6) is 0 Å². The summed E-state index contributed by atoms with van der Waals surface area (Å²) in [4.78, 5) is 0. The third kappa shape index (κ3) is 1.69. The van der Waals surface area contributed by atoms with E-state index >= 15 is 0 Å². The predicted octanol–water partition coefficient (Wildman–Crippen LogP) is 3.73. The largest absolute Gasteiger partial charge is 0.373 e. The van der Waals surface area contributed by atoms with E-state index in [1.807, 2.05) is 0 Å². The van der Waals surface area contributed by atoms with Crippen molar-refractivity contribution in [3.8, 4) is 0 Å². The normalized spacial score (nSPS) is 33.3. The summed E-state index contributed by atoms with van der Waals surface area (Å²) in [7, 11) is 0. The number of fused-ring (bicyclic) bond motifs is 2. The molecule has 0 spiro atoms. The van der Waals surface area contributed by atoms with Crippen LogP contribution in [0, 0.1) is 11.8 Å². The van der Waals surface area contributed by atoms with Gasteiger partial charge in [-0.2, -0.15) is 0 Å². The van der Waals surface area contributed by atoms with Crippen LogP contribution in [0.15, 0.2) is 42.0 Å². The van der Waals surface area contributed by atoms with Gasteiger partial charge in [-0.25, -0.2) is 0 Å². The molecule has 1 aromatic carbocycles. The first-order chi connectivity index (χ1) is 7.84. The van der Waals surface area contributed by atoms with Gasteiger partial charge in [0.15, 0.2) is 0 Å². The Morgan fingerprint density at radius 2 is 2.00 bits per heavy atom. The third-order valence-electron chi connectivity index (χ3n) is 3.95. The Labute approximate surface area is 97.1 Å². The van der Waals surface area contributed by atoms with Crippen molar-refractivity contribution in [2.24, 2.45) is 11.8 Å². The van der Waals surface area contributed by atoms with Crippen molar-refractivity contribution in [1.29, 1.82) is 0 Å². The lowest BCUT2D eigenvalue weighted by Crippen LogP contribution is -2.32. The van der Waals surface area contributed by atoms with E-state index in [-0.39, 0.29) is 6.10 Å².